The highest BCUT2D eigenvalue weighted by atomic mass is 16.5. The van der Waals surface area contributed by atoms with Gasteiger partial charge in [0.05, 0.1) is 13.0 Å². The van der Waals surface area contributed by atoms with E-state index in [0.717, 1.165) is 6.61 Å². The van der Waals surface area contributed by atoms with Crippen LogP contribution in [0.15, 0.2) is 0 Å². The van der Waals surface area contributed by atoms with Crippen molar-refractivity contribution < 1.29 is 19.4 Å². The maximum absolute atomic E-state index is 11.5. The summed E-state index contributed by atoms with van der Waals surface area (Å²) in [7, 11) is 1.50. The molecule has 1 atom stereocenters. The van der Waals surface area contributed by atoms with Crippen LogP contribution in [0.4, 0.5) is 0 Å². The molecule has 0 heterocycles. The van der Waals surface area contributed by atoms with E-state index in [4.69, 9.17) is 9.84 Å². The van der Waals surface area contributed by atoms with Gasteiger partial charge in [-0.1, -0.05) is 0 Å². The molecule has 0 bridgehead atoms. The number of aliphatic carboxylic acids is 1. The zero-order valence-electron chi connectivity index (χ0n) is 9.81. The molecule has 0 radical (unpaired) electrons. The van der Waals surface area contributed by atoms with Gasteiger partial charge in [-0.15, -0.1) is 0 Å². The number of likely N-dealkylation sites (N-methyl/N-ethyl adjacent to an activating group) is 1. The van der Waals surface area contributed by atoms with Gasteiger partial charge in [0, 0.05) is 13.7 Å². The summed E-state index contributed by atoms with van der Waals surface area (Å²) in [5.41, 5.74) is 0. The molecule has 0 aromatic carbocycles. The molecule has 1 rings (SSSR count). The van der Waals surface area contributed by atoms with Crippen LogP contribution >= 0.6 is 0 Å². The Balaban J connectivity index is 2.14. The molecule has 1 saturated carbocycles. The summed E-state index contributed by atoms with van der Waals surface area (Å²) in [5.74, 6) is -0.494. The molecule has 0 aliphatic heterocycles. The molecule has 0 aromatic rings. The van der Waals surface area contributed by atoms with E-state index in [0.29, 0.717) is 12.5 Å². The lowest BCUT2D eigenvalue weighted by Crippen LogP contribution is -2.40. The summed E-state index contributed by atoms with van der Waals surface area (Å²) in [5, 5.41) is 8.73. The molecule has 0 aromatic heterocycles. The molecule has 92 valence electrons. The van der Waals surface area contributed by atoms with E-state index in [1.54, 1.807) is 0 Å². The summed E-state index contributed by atoms with van der Waals surface area (Å²) >= 11 is 0. The van der Waals surface area contributed by atoms with Crippen LogP contribution in [0.2, 0.25) is 0 Å². The number of carboxylic acids is 1. The summed E-state index contributed by atoms with van der Waals surface area (Å²) in [6.07, 6.45) is 2.70. The average molecular weight is 229 g/mol. The maximum atomic E-state index is 11.5. The van der Waals surface area contributed by atoms with Crippen molar-refractivity contribution in [3.8, 4) is 0 Å². The number of carboxylic acid groups (broad SMARTS) is 1. The number of ether oxygens (including phenoxy) is 1. The van der Waals surface area contributed by atoms with Crippen molar-refractivity contribution in [2.24, 2.45) is 5.92 Å². The third-order valence-corrected chi connectivity index (χ3v) is 2.84. The van der Waals surface area contributed by atoms with Gasteiger partial charge in [0.1, 0.15) is 6.04 Å². The van der Waals surface area contributed by atoms with Gasteiger partial charge < -0.3 is 14.7 Å². The van der Waals surface area contributed by atoms with E-state index in [2.05, 4.69) is 0 Å². The zero-order valence-corrected chi connectivity index (χ0v) is 9.81. The minimum atomic E-state index is -0.991. The Bertz CT molecular complexity index is 263. The number of carbonyl (C=O) groups excluding carboxylic acids is 1. The molecule has 0 spiro atoms. The first-order chi connectivity index (χ1) is 7.52. The first-order valence-corrected chi connectivity index (χ1v) is 5.58. The predicted octanol–water partition coefficient (Wildman–Crippen LogP) is 0.735. The highest BCUT2D eigenvalue weighted by Gasteiger charge is 2.23. The first-order valence-electron chi connectivity index (χ1n) is 5.58. The van der Waals surface area contributed by atoms with Gasteiger partial charge in [0.25, 0.3) is 0 Å². The van der Waals surface area contributed by atoms with Crippen molar-refractivity contribution in [3.63, 3.8) is 0 Å². The third-order valence-electron chi connectivity index (χ3n) is 2.84. The number of carbonyl (C=O) groups is 2. The second kappa shape index (κ2) is 5.84. The number of nitrogens with zero attached hydrogens (tertiary/aromatic N) is 1. The standard InChI is InChI=1S/C11H19NO4/c1-8(11(14)15)12(2)10(13)5-6-16-7-9-3-4-9/h8-9H,3-7H2,1-2H3,(H,14,15). The van der Waals surface area contributed by atoms with Gasteiger partial charge >= 0.3 is 5.97 Å². The lowest BCUT2D eigenvalue weighted by Gasteiger charge is -2.21. The van der Waals surface area contributed by atoms with Crippen LogP contribution in [-0.4, -0.2) is 48.2 Å². The lowest BCUT2D eigenvalue weighted by atomic mass is 10.3. The van der Waals surface area contributed by atoms with Gasteiger partial charge in [-0.2, -0.15) is 0 Å². The van der Waals surface area contributed by atoms with Crippen LogP contribution in [0.3, 0.4) is 0 Å². The first kappa shape index (κ1) is 13.0. The fourth-order valence-electron chi connectivity index (χ4n) is 1.25. The van der Waals surface area contributed by atoms with E-state index in [1.807, 2.05) is 0 Å². The molecule has 1 aliphatic rings. The van der Waals surface area contributed by atoms with Crippen molar-refractivity contribution >= 4 is 11.9 Å². The van der Waals surface area contributed by atoms with Gasteiger partial charge in [0.15, 0.2) is 0 Å². The highest BCUT2D eigenvalue weighted by Crippen LogP contribution is 2.28. The van der Waals surface area contributed by atoms with Crippen molar-refractivity contribution in [1.82, 2.24) is 4.90 Å². The van der Waals surface area contributed by atoms with Crippen molar-refractivity contribution in [3.05, 3.63) is 0 Å². The van der Waals surface area contributed by atoms with Crippen LogP contribution in [0.5, 0.6) is 0 Å². The molecule has 0 saturated heterocycles. The molecule has 1 N–H and O–H groups in total. The molecular formula is C11H19NO4. The Hall–Kier alpha value is -1.10. The molecule has 1 unspecified atom stereocenters. The second-order valence-corrected chi connectivity index (χ2v) is 4.29. The smallest absolute Gasteiger partial charge is 0.326 e. The fraction of sp³-hybridized carbons (Fsp3) is 0.818. The van der Waals surface area contributed by atoms with Crippen molar-refractivity contribution in [1.29, 1.82) is 0 Å². The maximum Gasteiger partial charge on any atom is 0.326 e. The summed E-state index contributed by atoms with van der Waals surface area (Å²) in [4.78, 5) is 23.4. The summed E-state index contributed by atoms with van der Waals surface area (Å²) in [6.45, 7) is 2.60. The minimum Gasteiger partial charge on any atom is -0.480 e. The molecule has 16 heavy (non-hydrogen) atoms. The van der Waals surface area contributed by atoms with Crippen molar-refractivity contribution in [2.45, 2.75) is 32.2 Å². The zero-order chi connectivity index (χ0) is 12.1. The van der Waals surface area contributed by atoms with E-state index in [-0.39, 0.29) is 12.3 Å². The minimum absolute atomic E-state index is 0.189. The Morgan fingerprint density at radius 1 is 1.50 bits per heavy atom. The molecule has 1 amide bonds. The van der Waals surface area contributed by atoms with E-state index in [9.17, 15) is 9.59 Å². The Morgan fingerprint density at radius 3 is 2.62 bits per heavy atom. The van der Waals surface area contributed by atoms with Crippen LogP contribution < -0.4 is 0 Å². The molecular weight excluding hydrogens is 210 g/mol. The number of amides is 1. The molecule has 1 aliphatic carbocycles. The third kappa shape index (κ3) is 4.18. The van der Waals surface area contributed by atoms with Gasteiger partial charge in [-0.25, -0.2) is 4.79 Å². The van der Waals surface area contributed by atoms with Crippen LogP contribution in [0.1, 0.15) is 26.2 Å². The normalized spacial score (nSPS) is 16.9. The molecule has 5 nitrogen and oxygen atoms in total. The predicted molar refractivity (Wildman–Crippen MR) is 58.0 cm³/mol. The Morgan fingerprint density at radius 2 is 2.12 bits per heavy atom. The highest BCUT2D eigenvalue weighted by molar-refractivity contribution is 5.83. The lowest BCUT2D eigenvalue weighted by molar-refractivity contribution is -0.148. The van der Waals surface area contributed by atoms with Crippen LogP contribution in [0.25, 0.3) is 0 Å². The second-order valence-electron chi connectivity index (χ2n) is 4.29. The molecule has 1 fully saturated rings. The van der Waals surface area contributed by atoms with Crippen molar-refractivity contribution in [2.75, 3.05) is 20.3 Å². The van der Waals surface area contributed by atoms with Crippen LogP contribution in [-0.2, 0) is 14.3 Å². The number of rotatable bonds is 7. The van der Waals surface area contributed by atoms with Gasteiger partial charge in [-0.05, 0) is 25.7 Å². The Kier molecular flexibility index (Phi) is 4.73. The van der Waals surface area contributed by atoms with Crippen LogP contribution in [0, 0.1) is 5.92 Å². The number of hydrogen-bond acceptors (Lipinski definition) is 3. The van der Waals surface area contributed by atoms with E-state index in [1.165, 1.54) is 31.7 Å². The van der Waals surface area contributed by atoms with Gasteiger partial charge in [0.2, 0.25) is 5.91 Å². The monoisotopic (exact) mass is 229 g/mol. The van der Waals surface area contributed by atoms with Gasteiger partial charge in [-0.3, -0.25) is 4.79 Å². The van der Waals surface area contributed by atoms with E-state index < -0.39 is 12.0 Å². The van der Waals surface area contributed by atoms with E-state index >= 15 is 0 Å². The SMILES string of the molecule is CC(C(=O)O)N(C)C(=O)CCOCC1CC1. The molecule has 5 heteroatoms. The average Bonchev–Trinajstić information content (AvgIpc) is 3.05. The quantitative estimate of drug-likeness (QED) is 0.654. The Labute approximate surface area is 95.4 Å². The number of hydrogen-bond donors (Lipinski definition) is 1. The fourth-order valence-corrected chi connectivity index (χ4v) is 1.25. The summed E-state index contributed by atoms with van der Waals surface area (Å²) < 4.78 is 5.32. The largest absolute Gasteiger partial charge is 0.480 e. The summed E-state index contributed by atoms with van der Waals surface area (Å²) in [6, 6.07) is -0.782. The topological polar surface area (TPSA) is 66.8 Å².